The fourth-order valence-corrected chi connectivity index (χ4v) is 2.51. The zero-order valence-corrected chi connectivity index (χ0v) is 11.7. The molecule has 3 rings (SSSR count). The lowest BCUT2D eigenvalue weighted by Gasteiger charge is -2.33. The molecular weight excluding hydrogens is 273 g/mol. The van der Waals surface area contributed by atoms with Crippen LogP contribution in [0.25, 0.3) is 11.3 Å². The number of benzene rings is 1. The molecule has 1 aliphatic heterocycles. The van der Waals surface area contributed by atoms with E-state index in [1.807, 2.05) is 6.92 Å². The number of hydrogen-bond donors (Lipinski definition) is 1. The number of amides is 1. The molecule has 1 aliphatic rings. The van der Waals surface area contributed by atoms with Crippen LogP contribution < -0.4 is 5.32 Å². The quantitative estimate of drug-likeness (QED) is 0.917. The first-order valence-electron chi connectivity index (χ1n) is 6.88. The smallest absolute Gasteiger partial charge is 0.276 e. The summed E-state index contributed by atoms with van der Waals surface area (Å²) in [7, 11) is 0. The van der Waals surface area contributed by atoms with Crippen molar-refractivity contribution >= 4 is 5.91 Å². The van der Waals surface area contributed by atoms with Gasteiger partial charge in [0.05, 0.1) is 5.56 Å². The summed E-state index contributed by atoms with van der Waals surface area (Å²) in [6.45, 7) is 4.04. The number of piperazine rings is 1. The molecule has 1 fully saturated rings. The third-order valence-corrected chi connectivity index (χ3v) is 3.65. The van der Waals surface area contributed by atoms with Crippen LogP contribution >= 0.6 is 0 Å². The van der Waals surface area contributed by atoms with E-state index in [1.165, 1.54) is 12.5 Å². The van der Waals surface area contributed by atoms with Crippen LogP contribution in [0.4, 0.5) is 4.39 Å². The fraction of sp³-hybridized carbons (Fsp3) is 0.333. The SMILES string of the molecule is C[C@H]1CNCCN1C(=O)c1ncoc1-c1ccccc1F. The Bertz CT molecular complexity index is 656. The third-order valence-electron chi connectivity index (χ3n) is 3.65. The zero-order valence-electron chi connectivity index (χ0n) is 11.7. The molecule has 1 aromatic carbocycles. The molecule has 0 unspecified atom stereocenters. The Labute approximate surface area is 121 Å². The number of rotatable bonds is 2. The number of nitrogens with zero attached hydrogens (tertiary/aromatic N) is 2. The van der Waals surface area contributed by atoms with Gasteiger partial charge < -0.3 is 14.6 Å². The van der Waals surface area contributed by atoms with Gasteiger partial charge in [0.25, 0.3) is 5.91 Å². The highest BCUT2D eigenvalue weighted by molar-refractivity contribution is 5.97. The van der Waals surface area contributed by atoms with Crippen LogP contribution in [0.15, 0.2) is 35.1 Å². The summed E-state index contributed by atoms with van der Waals surface area (Å²) in [4.78, 5) is 18.4. The van der Waals surface area contributed by atoms with Crippen molar-refractivity contribution in [3.8, 4) is 11.3 Å². The van der Waals surface area contributed by atoms with Crippen LogP contribution in [-0.2, 0) is 0 Å². The van der Waals surface area contributed by atoms with Crippen LogP contribution in [0, 0.1) is 5.82 Å². The molecule has 6 heteroatoms. The Kier molecular flexibility index (Phi) is 3.70. The van der Waals surface area contributed by atoms with Gasteiger partial charge in [-0.25, -0.2) is 9.37 Å². The standard InChI is InChI=1S/C15H16FN3O2/c1-10-8-17-6-7-19(10)15(20)13-14(21-9-18-13)11-4-2-3-5-12(11)16/h2-5,9-10,17H,6-8H2,1H3/t10-/m0/s1. The highest BCUT2D eigenvalue weighted by Gasteiger charge is 2.29. The summed E-state index contributed by atoms with van der Waals surface area (Å²) in [5.74, 6) is -0.475. The molecule has 0 spiro atoms. The van der Waals surface area contributed by atoms with Gasteiger partial charge in [0.2, 0.25) is 0 Å². The molecule has 5 nitrogen and oxygen atoms in total. The monoisotopic (exact) mass is 289 g/mol. The van der Waals surface area contributed by atoms with Crippen molar-refractivity contribution in [3.63, 3.8) is 0 Å². The minimum Gasteiger partial charge on any atom is -0.443 e. The van der Waals surface area contributed by atoms with Gasteiger partial charge in [-0.1, -0.05) is 12.1 Å². The van der Waals surface area contributed by atoms with Gasteiger partial charge in [0, 0.05) is 25.7 Å². The fourth-order valence-electron chi connectivity index (χ4n) is 2.51. The second kappa shape index (κ2) is 5.65. The number of nitrogens with one attached hydrogen (secondary N) is 1. The zero-order chi connectivity index (χ0) is 14.8. The molecule has 0 aliphatic carbocycles. The summed E-state index contributed by atoms with van der Waals surface area (Å²) < 4.78 is 19.2. The van der Waals surface area contributed by atoms with Crippen LogP contribution in [0.2, 0.25) is 0 Å². The number of aromatic nitrogens is 1. The Hall–Kier alpha value is -2.21. The van der Waals surface area contributed by atoms with Gasteiger partial charge in [-0.15, -0.1) is 0 Å². The third kappa shape index (κ3) is 2.54. The molecular formula is C15H16FN3O2. The van der Waals surface area contributed by atoms with E-state index in [0.717, 1.165) is 13.1 Å². The number of hydrogen-bond acceptors (Lipinski definition) is 4. The molecule has 0 bridgehead atoms. The van der Waals surface area contributed by atoms with Crippen LogP contribution in [0.3, 0.4) is 0 Å². The second-order valence-corrected chi connectivity index (χ2v) is 5.06. The van der Waals surface area contributed by atoms with Crippen molar-refractivity contribution in [1.29, 1.82) is 0 Å². The van der Waals surface area contributed by atoms with E-state index in [1.54, 1.807) is 23.1 Å². The van der Waals surface area contributed by atoms with E-state index < -0.39 is 5.82 Å². The van der Waals surface area contributed by atoms with Crippen molar-refractivity contribution in [2.24, 2.45) is 0 Å². The Morgan fingerprint density at radius 3 is 3.05 bits per heavy atom. The largest absolute Gasteiger partial charge is 0.443 e. The molecule has 21 heavy (non-hydrogen) atoms. The van der Waals surface area contributed by atoms with E-state index in [4.69, 9.17) is 4.42 Å². The predicted molar refractivity (Wildman–Crippen MR) is 75.3 cm³/mol. The molecule has 0 saturated carbocycles. The summed E-state index contributed by atoms with van der Waals surface area (Å²) in [5.41, 5.74) is 0.412. The Morgan fingerprint density at radius 1 is 1.48 bits per heavy atom. The summed E-state index contributed by atoms with van der Waals surface area (Å²) >= 11 is 0. The number of oxazole rings is 1. The number of carbonyl (C=O) groups is 1. The van der Waals surface area contributed by atoms with E-state index in [-0.39, 0.29) is 29.0 Å². The minimum absolute atomic E-state index is 0.0661. The molecule has 1 aromatic heterocycles. The average molecular weight is 289 g/mol. The maximum atomic E-state index is 13.9. The molecule has 110 valence electrons. The summed E-state index contributed by atoms with van der Waals surface area (Å²) in [6.07, 6.45) is 1.18. The molecule has 0 radical (unpaired) electrons. The van der Waals surface area contributed by atoms with Crippen molar-refractivity contribution in [3.05, 3.63) is 42.2 Å². The van der Waals surface area contributed by atoms with Crippen LogP contribution in [-0.4, -0.2) is 41.5 Å². The maximum Gasteiger partial charge on any atom is 0.276 e. The first-order valence-corrected chi connectivity index (χ1v) is 6.88. The van der Waals surface area contributed by atoms with Crippen molar-refractivity contribution in [2.45, 2.75) is 13.0 Å². The van der Waals surface area contributed by atoms with Gasteiger partial charge in [-0.05, 0) is 19.1 Å². The minimum atomic E-state index is -0.434. The van der Waals surface area contributed by atoms with E-state index >= 15 is 0 Å². The lowest BCUT2D eigenvalue weighted by Crippen LogP contribution is -2.52. The molecule has 2 heterocycles. The highest BCUT2D eigenvalue weighted by atomic mass is 19.1. The maximum absolute atomic E-state index is 13.9. The van der Waals surface area contributed by atoms with E-state index in [9.17, 15) is 9.18 Å². The summed E-state index contributed by atoms with van der Waals surface area (Å²) in [6, 6.07) is 6.27. The highest BCUT2D eigenvalue weighted by Crippen LogP contribution is 2.27. The van der Waals surface area contributed by atoms with Crippen LogP contribution in [0.5, 0.6) is 0 Å². The van der Waals surface area contributed by atoms with Crippen LogP contribution in [0.1, 0.15) is 17.4 Å². The van der Waals surface area contributed by atoms with Gasteiger partial charge in [-0.2, -0.15) is 0 Å². The average Bonchev–Trinajstić information content (AvgIpc) is 2.97. The molecule has 2 aromatic rings. The Morgan fingerprint density at radius 2 is 2.29 bits per heavy atom. The lowest BCUT2D eigenvalue weighted by molar-refractivity contribution is 0.0650. The van der Waals surface area contributed by atoms with Gasteiger partial charge in [-0.3, -0.25) is 4.79 Å². The van der Waals surface area contributed by atoms with E-state index in [2.05, 4.69) is 10.3 Å². The topological polar surface area (TPSA) is 58.4 Å². The molecule has 1 atom stereocenters. The Balaban J connectivity index is 1.96. The van der Waals surface area contributed by atoms with Crippen molar-refractivity contribution in [2.75, 3.05) is 19.6 Å². The van der Waals surface area contributed by atoms with Gasteiger partial charge in [0.15, 0.2) is 17.8 Å². The lowest BCUT2D eigenvalue weighted by atomic mass is 10.1. The van der Waals surface area contributed by atoms with Gasteiger partial charge >= 0.3 is 0 Å². The second-order valence-electron chi connectivity index (χ2n) is 5.06. The van der Waals surface area contributed by atoms with E-state index in [0.29, 0.717) is 6.54 Å². The predicted octanol–water partition coefficient (Wildman–Crippen LogP) is 1.91. The molecule has 1 amide bonds. The molecule has 1 N–H and O–H groups in total. The summed E-state index contributed by atoms with van der Waals surface area (Å²) in [5, 5.41) is 3.22. The number of carbonyl (C=O) groups excluding carboxylic acids is 1. The number of halogens is 1. The first kappa shape index (κ1) is 13.8. The van der Waals surface area contributed by atoms with Crippen molar-refractivity contribution < 1.29 is 13.6 Å². The first-order chi connectivity index (χ1) is 10.2. The normalized spacial score (nSPS) is 18.8. The van der Waals surface area contributed by atoms with Crippen molar-refractivity contribution in [1.82, 2.24) is 15.2 Å². The molecule has 1 saturated heterocycles. The van der Waals surface area contributed by atoms with Gasteiger partial charge in [0.1, 0.15) is 5.82 Å².